The highest BCUT2D eigenvalue weighted by Gasteiger charge is 2.14. The van der Waals surface area contributed by atoms with E-state index >= 15 is 0 Å². The maximum Gasteiger partial charge on any atom is 0.167 e. The smallest absolute Gasteiger partial charge is 0.167 e. The van der Waals surface area contributed by atoms with Gasteiger partial charge in [-0.15, -0.1) is 0 Å². The van der Waals surface area contributed by atoms with Crippen LogP contribution in [-0.2, 0) is 6.42 Å². The van der Waals surface area contributed by atoms with Crippen LogP contribution in [0.4, 0.5) is 0 Å². The lowest BCUT2D eigenvalue weighted by Crippen LogP contribution is -1.94. The maximum atomic E-state index is 10.3. The molecule has 3 heteroatoms. The number of benzene rings is 1. The molecule has 1 aromatic rings. The molecule has 0 unspecified atom stereocenters. The molecule has 0 spiro atoms. The molecule has 1 rings (SSSR count). The van der Waals surface area contributed by atoms with Crippen molar-refractivity contribution in [2.24, 2.45) is 0 Å². The number of aryl methyl sites for hydroxylation is 1. The molecule has 0 aliphatic rings. The number of allylic oxidation sites excluding steroid dienone is 2. The van der Waals surface area contributed by atoms with E-state index in [0.717, 1.165) is 24.8 Å². The Balaban J connectivity index is 2.04. The minimum Gasteiger partial charge on any atom is -0.508 e. The van der Waals surface area contributed by atoms with Crippen LogP contribution < -0.4 is 4.74 Å². The van der Waals surface area contributed by atoms with Crippen LogP contribution >= 0.6 is 0 Å². The van der Waals surface area contributed by atoms with E-state index in [9.17, 15) is 10.2 Å². The van der Waals surface area contributed by atoms with Gasteiger partial charge in [0.25, 0.3) is 0 Å². The predicted molar refractivity (Wildman–Crippen MR) is 120 cm³/mol. The lowest BCUT2D eigenvalue weighted by atomic mass is 10.0. The number of hydrogen-bond acceptors (Lipinski definition) is 3. The Morgan fingerprint density at radius 2 is 1.36 bits per heavy atom. The van der Waals surface area contributed by atoms with Gasteiger partial charge in [0.2, 0.25) is 0 Å². The van der Waals surface area contributed by atoms with Crippen molar-refractivity contribution >= 4 is 0 Å². The normalized spacial score (nSPS) is 11.4. The number of unbranched alkanes of at least 4 members (excludes halogenated alkanes) is 11. The first kappa shape index (κ1) is 24.4. The van der Waals surface area contributed by atoms with Crippen molar-refractivity contribution in [3.63, 3.8) is 0 Å². The third-order valence-electron chi connectivity index (χ3n) is 5.47. The molecular formula is C25H42O3. The van der Waals surface area contributed by atoms with Gasteiger partial charge in [-0.3, -0.25) is 0 Å². The zero-order valence-corrected chi connectivity index (χ0v) is 18.4. The van der Waals surface area contributed by atoms with Gasteiger partial charge in [-0.05, 0) is 51.5 Å². The van der Waals surface area contributed by atoms with Crippen molar-refractivity contribution in [1.29, 1.82) is 0 Å². The van der Waals surface area contributed by atoms with E-state index in [-0.39, 0.29) is 11.5 Å². The molecule has 0 radical (unpaired) electrons. The van der Waals surface area contributed by atoms with Gasteiger partial charge in [-0.2, -0.15) is 0 Å². The number of methoxy groups -OCH3 is 1. The quantitative estimate of drug-likeness (QED) is 0.173. The Morgan fingerprint density at radius 1 is 0.821 bits per heavy atom. The zero-order chi connectivity index (χ0) is 20.6. The van der Waals surface area contributed by atoms with Gasteiger partial charge in [0.05, 0.1) is 7.11 Å². The summed E-state index contributed by atoms with van der Waals surface area (Å²) in [7, 11) is 1.52. The molecule has 1 aromatic carbocycles. The monoisotopic (exact) mass is 390 g/mol. The summed E-state index contributed by atoms with van der Waals surface area (Å²) in [6, 6.07) is 1.67. The van der Waals surface area contributed by atoms with Crippen LogP contribution in [0.5, 0.6) is 17.2 Å². The Hall–Kier alpha value is -1.64. The summed E-state index contributed by atoms with van der Waals surface area (Å²) >= 11 is 0. The molecule has 160 valence electrons. The summed E-state index contributed by atoms with van der Waals surface area (Å²) in [4.78, 5) is 0. The molecule has 0 aliphatic carbocycles. The van der Waals surface area contributed by atoms with Crippen LogP contribution in [0.1, 0.15) is 102 Å². The summed E-state index contributed by atoms with van der Waals surface area (Å²) in [5.41, 5.74) is 1.37. The van der Waals surface area contributed by atoms with Gasteiger partial charge in [0, 0.05) is 11.1 Å². The second-order valence-corrected chi connectivity index (χ2v) is 7.90. The first-order chi connectivity index (χ1) is 13.6. The summed E-state index contributed by atoms with van der Waals surface area (Å²) in [5, 5.41) is 20.2. The van der Waals surface area contributed by atoms with Crippen LogP contribution in [-0.4, -0.2) is 17.3 Å². The fourth-order valence-corrected chi connectivity index (χ4v) is 3.61. The number of hydrogen-bond donors (Lipinski definition) is 2. The van der Waals surface area contributed by atoms with Gasteiger partial charge >= 0.3 is 0 Å². The van der Waals surface area contributed by atoms with Gasteiger partial charge in [0.1, 0.15) is 5.75 Å². The molecule has 0 aliphatic heterocycles. The van der Waals surface area contributed by atoms with E-state index in [1.165, 1.54) is 77.7 Å². The van der Waals surface area contributed by atoms with Crippen molar-refractivity contribution in [2.75, 3.05) is 7.11 Å². The first-order valence-electron chi connectivity index (χ1n) is 11.3. The molecule has 0 saturated carbocycles. The lowest BCUT2D eigenvalue weighted by Gasteiger charge is -2.13. The molecule has 0 atom stereocenters. The van der Waals surface area contributed by atoms with Crippen molar-refractivity contribution in [1.82, 2.24) is 0 Å². The standard InChI is InChI=1S/C25H42O3/c1-4-5-6-7-8-9-10-11-12-13-14-15-16-17-18-19-22-20-23(26)21(2)25(28-3)24(22)27/h9-10,20,26-27H,4-8,11-19H2,1-3H3/b10-9+. The number of aromatic hydroxyl groups is 2. The highest BCUT2D eigenvalue weighted by atomic mass is 16.5. The molecule has 0 saturated heterocycles. The Kier molecular flexibility index (Phi) is 13.3. The van der Waals surface area contributed by atoms with Gasteiger partial charge in [-0.25, -0.2) is 0 Å². The number of ether oxygens (including phenoxy) is 1. The zero-order valence-electron chi connectivity index (χ0n) is 18.4. The predicted octanol–water partition coefficient (Wildman–Crippen LogP) is 7.60. The van der Waals surface area contributed by atoms with E-state index in [1.54, 1.807) is 13.0 Å². The Labute approximate surface area is 172 Å². The average molecular weight is 391 g/mol. The van der Waals surface area contributed by atoms with E-state index in [4.69, 9.17) is 4.74 Å². The number of phenols is 2. The largest absolute Gasteiger partial charge is 0.508 e. The molecule has 2 N–H and O–H groups in total. The fraction of sp³-hybridized carbons (Fsp3) is 0.680. The van der Waals surface area contributed by atoms with Gasteiger partial charge in [-0.1, -0.05) is 70.4 Å². The first-order valence-corrected chi connectivity index (χ1v) is 11.3. The second kappa shape index (κ2) is 15.3. The average Bonchev–Trinajstić information content (AvgIpc) is 2.69. The van der Waals surface area contributed by atoms with Crippen molar-refractivity contribution in [2.45, 2.75) is 104 Å². The minimum absolute atomic E-state index is 0.177. The van der Waals surface area contributed by atoms with Crippen molar-refractivity contribution in [3.8, 4) is 17.2 Å². The van der Waals surface area contributed by atoms with Gasteiger partial charge < -0.3 is 14.9 Å². The number of phenolic OH excluding ortho intramolecular Hbond substituents is 2. The highest BCUT2D eigenvalue weighted by molar-refractivity contribution is 5.56. The molecule has 0 bridgehead atoms. The molecule has 3 nitrogen and oxygen atoms in total. The lowest BCUT2D eigenvalue weighted by molar-refractivity contribution is 0.361. The molecule has 28 heavy (non-hydrogen) atoms. The number of rotatable bonds is 16. The topological polar surface area (TPSA) is 49.7 Å². The molecule has 0 aromatic heterocycles. The van der Waals surface area contributed by atoms with E-state index in [0.29, 0.717) is 11.3 Å². The Morgan fingerprint density at radius 3 is 1.93 bits per heavy atom. The fourth-order valence-electron chi connectivity index (χ4n) is 3.61. The molecular weight excluding hydrogens is 348 g/mol. The van der Waals surface area contributed by atoms with Crippen molar-refractivity contribution in [3.05, 3.63) is 29.3 Å². The van der Waals surface area contributed by atoms with Gasteiger partial charge in [0.15, 0.2) is 11.5 Å². The summed E-state index contributed by atoms with van der Waals surface area (Å²) in [6.45, 7) is 4.01. The summed E-state index contributed by atoms with van der Waals surface area (Å²) < 4.78 is 5.21. The maximum absolute atomic E-state index is 10.3. The van der Waals surface area contributed by atoms with Crippen LogP contribution in [0.3, 0.4) is 0 Å². The summed E-state index contributed by atoms with van der Waals surface area (Å²) in [6.07, 6.45) is 22.0. The van der Waals surface area contributed by atoms with Crippen LogP contribution in [0.25, 0.3) is 0 Å². The second-order valence-electron chi connectivity index (χ2n) is 7.90. The molecule has 0 heterocycles. The SMILES string of the molecule is CCCCCC/C=C/CCCCCCCCCc1cc(O)c(C)c(OC)c1O. The van der Waals surface area contributed by atoms with E-state index < -0.39 is 0 Å². The highest BCUT2D eigenvalue weighted by Crippen LogP contribution is 2.39. The third-order valence-corrected chi connectivity index (χ3v) is 5.47. The third kappa shape index (κ3) is 9.52. The van der Waals surface area contributed by atoms with Crippen LogP contribution in [0, 0.1) is 6.92 Å². The minimum atomic E-state index is 0.177. The molecule has 0 amide bonds. The molecule has 0 fully saturated rings. The van der Waals surface area contributed by atoms with E-state index in [1.807, 2.05) is 0 Å². The van der Waals surface area contributed by atoms with E-state index in [2.05, 4.69) is 19.1 Å². The summed E-state index contributed by atoms with van der Waals surface area (Å²) in [5.74, 6) is 0.765. The Bertz CT molecular complexity index is 563. The van der Waals surface area contributed by atoms with Crippen molar-refractivity contribution < 1.29 is 14.9 Å². The van der Waals surface area contributed by atoms with Crippen LogP contribution in [0.2, 0.25) is 0 Å². The van der Waals surface area contributed by atoms with Crippen LogP contribution in [0.15, 0.2) is 18.2 Å².